The van der Waals surface area contributed by atoms with Crippen LogP contribution in [0.5, 0.6) is 0 Å². The van der Waals surface area contributed by atoms with Crippen molar-refractivity contribution in [3.05, 3.63) is 47.3 Å². The highest BCUT2D eigenvalue weighted by Gasteiger charge is 2.06. The smallest absolute Gasteiger partial charge is 0.123 e. The van der Waals surface area contributed by atoms with Crippen molar-refractivity contribution in [1.82, 2.24) is 0 Å². The third-order valence-electron chi connectivity index (χ3n) is 2.00. The lowest BCUT2D eigenvalue weighted by molar-refractivity contribution is 1.43. The van der Waals surface area contributed by atoms with E-state index in [1.165, 1.54) is 0 Å². The maximum absolute atomic E-state index is 7.46. The van der Waals surface area contributed by atoms with E-state index in [9.17, 15) is 0 Å². The molecule has 70 valence electrons. The average molecular weight is 202 g/mol. The van der Waals surface area contributed by atoms with Gasteiger partial charge in [0.15, 0.2) is 0 Å². The SMILES string of the molecule is N=C(N)c1ccccc1-c1cccs1. The van der Waals surface area contributed by atoms with E-state index < -0.39 is 0 Å². The molecular weight excluding hydrogens is 192 g/mol. The second-order valence-corrected chi connectivity index (χ2v) is 3.88. The maximum atomic E-state index is 7.46. The van der Waals surface area contributed by atoms with Crippen molar-refractivity contribution in [3.8, 4) is 10.4 Å². The van der Waals surface area contributed by atoms with Crippen molar-refractivity contribution >= 4 is 17.2 Å². The number of benzene rings is 1. The lowest BCUT2D eigenvalue weighted by atomic mass is 10.1. The number of rotatable bonds is 2. The summed E-state index contributed by atoms with van der Waals surface area (Å²) in [5, 5.41) is 9.48. The number of hydrogen-bond acceptors (Lipinski definition) is 2. The van der Waals surface area contributed by atoms with E-state index in [1.54, 1.807) is 11.3 Å². The molecule has 1 heterocycles. The zero-order valence-electron chi connectivity index (χ0n) is 7.53. The second kappa shape index (κ2) is 3.64. The quantitative estimate of drug-likeness (QED) is 0.571. The monoisotopic (exact) mass is 202 g/mol. The van der Waals surface area contributed by atoms with Crippen molar-refractivity contribution < 1.29 is 0 Å². The molecule has 0 aliphatic rings. The maximum Gasteiger partial charge on any atom is 0.123 e. The first kappa shape index (κ1) is 8.97. The van der Waals surface area contributed by atoms with Crippen LogP contribution >= 0.6 is 11.3 Å². The predicted octanol–water partition coefficient (Wildman–Crippen LogP) is 2.70. The van der Waals surface area contributed by atoms with Gasteiger partial charge in [-0.25, -0.2) is 0 Å². The van der Waals surface area contributed by atoms with Gasteiger partial charge in [0.1, 0.15) is 5.84 Å². The van der Waals surface area contributed by atoms with Crippen molar-refractivity contribution in [1.29, 1.82) is 5.41 Å². The van der Waals surface area contributed by atoms with E-state index in [-0.39, 0.29) is 5.84 Å². The van der Waals surface area contributed by atoms with Gasteiger partial charge in [0.05, 0.1) is 0 Å². The Morgan fingerprint density at radius 2 is 1.93 bits per heavy atom. The minimum Gasteiger partial charge on any atom is -0.384 e. The second-order valence-electron chi connectivity index (χ2n) is 2.94. The van der Waals surface area contributed by atoms with Crippen LogP contribution in [0.1, 0.15) is 5.56 Å². The van der Waals surface area contributed by atoms with Crippen LogP contribution in [0, 0.1) is 5.41 Å². The highest BCUT2D eigenvalue weighted by molar-refractivity contribution is 7.13. The summed E-state index contributed by atoms with van der Waals surface area (Å²) >= 11 is 1.66. The Labute approximate surface area is 86.5 Å². The van der Waals surface area contributed by atoms with Gasteiger partial charge in [0.25, 0.3) is 0 Å². The fraction of sp³-hybridized carbons (Fsp3) is 0. The van der Waals surface area contributed by atoms with Gasteiger partial charge in [-0.1, -0.05) is 30.3 Å². The normalized spacial score (nSPS) is 10.0. The molecule has 0 bridgehead atoms. The average Bonchev–Trinajstić information content (AvgIpc) is 2.70. The van der Waals surface area contributed by atoms with Crippen molar-refractivity contribution in [2.75, 3.05) is 0 Å². The molecule has 0 amide bonds. The van der Waals surface area contributed by atoms with Gasteiger partial charge in [-0.2, -0.15) is 0 Å². The third-order valence-corrected chi connectivity index (χ3v) is 2.91. The topological polar surface area (TPSA) is 49.9 Å². The molecule has 14 heavy (non-hydrogen) atoms. The molecule has 1 aromatic heterocycles. The lowest BCUT2D eigenvalue weighted by Crippen LogP contribution is -2.11. The van der Waals surface area contributed by atoms with Crippen LogP contribution in [-0.4, -0.2) is 5.84 Å². The Bertz CT molecular complexity index is 446. The molecule has 0 atom stereocenters. The summed E-state index contributed by atoms with van der Waals surface area (Å²) in [4.78, 5) is 1.15. The highest BCUT2D eigenvalue weighted by Crippen LogP contribution is 2.27. The van der Waals surface area contributed by atoms with Gasteiger partial charge in [0, 0.05) is 16.0 Å². The summed E-state index contributed by atoms with van der Waals surface area (Å²) in [6.07, 6.45) is 0. The highest BCUT2D eigenvalue weighted by atomic mass is 32.1. The first-order valence-corrected chi connectivity index (χ1v) is 5.14. The number of hydrogen-bond donors (Lipinski definition) is 2. The molecule has 2 aromatic rings. The molecular formula is C11H10N2S. The minimum atomic E-state index is 0.119. The Morgan fingerprint density at radius 1 is 1.14 bits per heavy atom. The largest absolute Gasteiger partial charge is 0.384 e. The van der Waals surface area contributed by atoms with Crippen LogP contribution in [0.4, 0.5) is 0 Å². The number of nitrogens with two attached hydrogens (primary N) is 1. The molecule has 0 radical (unpaired) electrons. The van der Waals surface area contributed by atoms with Crippen molar-refractivity contribution in [3.63, 3.8) is 0 Å². The van der Waals surface area contributed by atoms with Gasteiger partial charge < -0.3 is 5.73 Å². The van der Waals surface area contributed by atoms with Crippen LogP contribution in [-0.2, 0) is 0 Å². The Morgan fingerprint density at radius 3 is 2.57 bits per heavy atom. The Kier molecular flexibility index (Phi) is 2.33. The van der Waals surface area contributed by atoms with E-state index in [1.807, 2.05) is 41.8 Å². The Balaban J connectivity index is 2.58. The van der Waals surface area contributed by atoms with E-state index in [4.69, 9.17) is 11.1 Å². The summed E-state index contributed by atoms with van der Waals surface area (Å²) in [7, 11) is 0. The van der Waals surface area contributed by atoms with E-state index >= 15 is 0 Å². The zero-order chi connectivity index (χ0) is 9.97. The van der Waals surface area contributed by atoms with Gasteiger partial charge in [-0.3, -0.25) is 5.41 Å². The van der Waals surface area contributed by atoms with Crippen LogP contribution in [0.15, 0.2) is 41.8 Å². The standard InChI is InChI=1S/C11H10N2S/c12-11(13)9-5-2-1-4-8(9)10-6-3-7-14-10/h1-7H,(H3,12,13). The molecule has 0 aliphatic heterocycles. The first-order valence-electron chi connectivity index (χ1n) is 4.26. The van der Waals surface area contributed by atoms with E-state index in [0.29, 0.717) is 0 Å². The summed E-state index contributed by atoms with van der Waals surface area (Å²) in [5.41, 5.74) is 7.35. The van der Waals surface area contributed by atoms with Crippen molar-refractivity contribution in [2.24, 2.45) is 5.73 Å². The minimum absolute atomic E-state index is 0.119. The first-order chi connectivity index (χ1) is 6.79. The van der Waals surface area contributed by atoms with Crippen LogP contribution in [0.25, 0.3) is 10.4 Å². The molecule has 0 saturated heterocycles. The summed E-state index contributed by atoms with van der Waals surface area (Å²) in [5.74, 6) is 0.119. The molecule has 0 fully saturated rings. The fourth-order valence-corrected chi connectivity index (χ4v) is 2.13. The van der Waals surface area contributed by atoms with Crippen LogP contribution < -0.4 is 5.73 Å². The number of nitrogen functional groups attached to an aromatic ring is 1. The third kappa shape index (κ3) is 1.54. The zero-order valence-corrected chi connectivity index (χ0v) is 8.34. The fourth-order valence-electron chi connectivity index (χ4n) is 1.36. The Hall–Kier alpha value is -1.61. The number of thiophene rings is 1. The molecule has 0 unspecified atom stereocenters. The number of amidine groups is 1. The lowest BCUT2D eigenvalue weighted by Gasteiger charge is -2.04. The molecule has 3 heteroatoms. The molecule has 1 aromatic carbocycles. The van der Waals surface area contributed by atoms with Gasteiger partial charge in [-0.15, -0.1) is 11.3 Å². The van der Waals surface area contributed by atoms with Gasteiger partial charge in [0.2, 0.25) is 0 Å². The molecule has 2 rings (SSSR count). The van der Waals surface area contributed by atoms with Gasteiger partial charge >= 0.3 is 0 Å². The summed E-state index contributed by atoms with van der Waals surface area (Å²) < 4.78 is 0. The predicted molar refractivity (Wildman–Crippen MR) is 60.8 cm³/mol. The van der Waals surface area contributed by atoms with Crippen LogP contribution in [0.3, 0.4) is 0 Å². The number of nitrogens with one attached hydrogen (secondary N) is 1. The molecule has 0 spiro atoms. The van der Waals surface area contributed by atoms with Gasteiger partial charge in [-0.05, 0) is 11.4 Å². The summed E-state index contributed by atoms with van der Waals surface area (Å²) in [6, 6.07) is 11.7. The summed E-state index contributed by atoms with van der Waals surface area (Å²) in [6.45, 7) is 0. The molecule has 3 N–H and O–H groups in total. The van der Waals surface area contributed by atoms with Crippen LogP contribution in [0.2, 0.25) is 0 Å². The molecule has 0 saturated carbocycles. The molecule has 2 nitrogen and oxygen atoms in total. The van der Waals surface area contributed by atoms with E-state index in [0.717, 1.165) is 16.0 Å². The van der Waals surface area contributed by atoms with Crippen molar-refractivity contribution in [2.45, 2.75) is 0 Å². The van der Waals surface area contributed by atoms with E-state index in [2.05, 4.69) is 0 Å². The molecule has 0 aliphatic carbocycles.